The molecule has 0 bridgehead atoms. The second-order valence-corrected chi connectivity index (χ2v) is 5.32. The van der Waals surface area contributed by atoms with Crippen molar-refractivity contribution >= 4 is 16.8 Å². The number of pyridine rings is 1. The van der Waals surface area contributed by atoms with Crippen LogP contribution in [0.3, 0.4) is 0 Å². The van der Waals surface area contributed by atoms with Crippen molar-refractivity contribution in [1.82, 2.24) is 10.3 Å². The summed E-state index contributed by atoms with van der Waals surface area (Å²) in [5, 5.41) is 3.93. The summed E-state index contributed by atoms with van der Waals surface area (Å²) in [7, 11) is 0. The zero-order chi connectivity index (χ0) is 15.1. The van der Waals surface area contributed by atoms with Gasteiger partial charge in [-0.05, 0) is 37.4 Å². The van der Waals surface area contributed by atoms with Crippen LogP contribution in [0.2, 0.25) is 0 Å². The molecule has 0 saturated carbocycles. The van der Waals surface area contributed by atoms with Gasteiger partial charge in [0.15, 0.2) is 0 Å². The van der Waals surface area contributed by atoms with Gasteiger partial charge in [0.25, 0.3) is 5.91 Å². The molecule has 0 aliphatic carbocycles. The highest BCUT2D eigenvalue weighted by Crippen LogP contribution is 2.16. The molecular weight excluding hydrogens is 262 g/mol. The molecule has 0 aliphatic rings. The summed E-state index contributed by atoms with van der Waals surface area (Å²) in [4.78, 5) is 16.7. The van der Waals surface area contributed by atoms with Crippen LogP contribution in [0.15, 0.2) is 36.5 Å². The van der Waals surface area contributed by atoms with Gasteiger partial charge in [0.05, 0.1) is 11.1 Å². The van der Waals surface area contributed by atoms with Crippen LogP contribution in [0.4, 0.5) is 0 Å². The van der Waals surface area contributed by atoms with Crippen LogP contribution >= 0.6 is 0 Å². The zero-order valence-electron chi connectivity index (χ0n) is 12.5. The quantitative estimate of drug-likeness (QED) is 0.822. The maximum absolute atomic E-state index is 12.4. The number of nitrogens with one attached hydrogen (secondary N) is 1. The highest BCUT2D eigenvalue weighted by Gasteiger charge is 2.13. The van der Waals surface area contributed by atoms with Crippen LogP contribution in [0, 0.1) is 5.92 Å². The molecule has 0 radical (unpaired) electrons. The van der Waals surface area contributed by atoms with Gasteiger partial charge in [-0.25, -0.2) is 0 Å². The van der Waals surface area contributed by atoms with Crippen LogP contribution in [0.25, 0.3) is 10.9 Å². The van der Waals surface area contributed by atoms with Crippen molar-refractivity contribution in [3.63, 3.8) is 0 Å². The third-order valence-corrected chi connectivity index (χ3v) is 3.72. The Kier molecular flexibility index (Phi) is 5.69. The highest BCUT2D eigenvalue weighted by atomic mass is 16.1. The Labute approximate surface area is 125 Å². The fraction of sp³-hybridized carbons (Fsp3) is 0.412. The number of nitrogens with two attached hydrogens (primary N) is 1. The van der Waals surface area contributed by atoms with E-state index in [1.807, 2.05) is 24.3 Å². The number of rotatable bonds is 7. The van der Waals surface area contributed by atoms with Crippen molar-refractivity contribution in [3.05, 3.63) is 42.1 Å². The summed E-state index contributed by atoms with van der Waals surface area (Å²) < 4.78 is 0. The Morgan fingerprint density at radius 3 is 2.86 bits per heavy atom. The average Bonchev–Trinajstić information content (AvgIpc) is 2.52. The van der Waals surface area contributed by atoms with Crippen molar-refractivity contribution in [1.29, 1.82) is 0 Å². The first-order valence-electron chi connectivity index (χ1n) is 7.58. The Balaban J connectivity index is 2.08. The number of hydrogen-bond donors (Lipinski definition) is 2. The molecule has 0 fully saturated rings. The summed E-state index contributed by atoms with van der Waals surface area (Å²) in [5.41, 5.74) is 7.16. The molecule has 1 aromatic carbocycles. The molecule has 1 amide bonds. The van der Waals surface area contributed by atoms with Gasteiger partial charge in [-0.2, -0.15) is 0 Å². The summed E-state index contributed by atoms with van der Waals surface area (Å²) in [6.45, 7) is 3.50. The van der Waals surface area contributed by atoms with Crippen LogP contribution in [0.5, 0.6) is 0 Å². The van der Waals surface area contributed by atoms with E-state index in [1.54, 1.807) is 12.3 Å². The molecule has 0 spiro atoms. The minimum Gasteiger partial charge on any atom is -0.352 e. The molecule has 4 heteroatoms. The lowest BCUT2D eigenvalue weighted by Crippen LogP contribution is -2.30. The van der Waals surface area contributed by atoms with Crippen molar-refractivity contribution in [2.45, 2.75) is 26.2 Å². The average molecular weight is 285 g/mol. The molecule has 4 nitrogen and oxygen atoms in total. The van der Waals surface area contributed by atoms with Crippen LogP contribution < -0.4 is 11.1 Å². The van der Waals surface area contributed by atoms with Gasteiger partial charge in [0, 0.05) is 18.1 Å². The maximum Gasteiger partial charge on any atom is 0.252 e. The molecule has 112 valence electrons. The maximum atomic E-state index is 12.4. The predicted molar refractivity (Wildman–Crippen MR) is 86.1 cm³/mol. The fourth-order valence-corrected chi connectivity index (χ4v) is 2.62. The number of fused-ring (bicyclic) bond motifs is 1. The van der Waals surface area contributed by atoms with Crippen LogP contribution in [-0.2, 0) is 0 Å². The van der Waals surface area contributed by atoms with Gasteiger partial charge in [-0.15, -0.1) is 0 Å². The topological polar surface area (TPSA) is 68.0 Å². The fourth-order valence-electron chi connectivity index (χ4n) is 2.62. The number of carbonyl (C=O) groups excluding carboxylic acids is 1. The second kappa shape index (κ2) is 7.74. The van der Waals surface area contributed by atoms with Gasteiger partial charge in [0.2, 0.25) is 0 Å². The number of aromatic nitrogens is 1. The van der Waals surface area contributed by atoms with Gasteiger partial charge < -0.3 is 11.1 Å². The van der Waals surface area contributed by atoms with E-state index in [-0.39, 0.29) is 5.91 Å². The number of carbonyl (C=O) groups is 1. The van der Waals surface area contributed by atoms with Gasteiger partial charge in [-0.3, -0.25) is 9.78 Å². The first-order valence-corrected chi connectivity index (χ1v) is 7.58. The van der Waals surface area contributed by atoms with Gasteiger partial charge in [0.1, 0.15) is 0 Å². The lowest BCUT2D eigenvalue weighted by Gasteiger charge is -2.16. The smallest absolute Gasteiger partial charge is 0.252 e. The summed E-state index contributed by atoms with van der Waals surface area (Å²) in [6.07, 6.45) is 4.83. The third kappa shape index (κ3) is 4.02. The summed E-state index contributed by atoms with van der Waals surface area (Å²) >= 11 is 0. The summed E-state index contributed by atoms with van der Waals surface area (Å²) in [5.74, 6) is 0.420. The van der Waals surface area contributed by atoms with Crippen LogP contribution in [0.1, 0.15) is 36.5 Å². The van der Waals surface area contributed by atoms with E-state index in [9.17, 15) is 4.79 Å². The molecular formula is C17H23N3O. The summed E-state index contributed by atoms with van der Waals surface area (Å²) in [6, 6.07) is 9.47. The van der Waals surface area contributed by atoms with Crippen LogP contribution in [-0.4, -0.2) is 24.0 Å². The minimum absolute atomic E-state index is 0.0354. The monoisotopic (exact) mass is 285 g/mol. The number of benzene rings is 1. The SMILES string of the molecule is CCCC(CCN)CNC(=O)c1ccnc2ccccc12. The largest absolute Gasteiger partial charge is 0.352 e. The van der Waals surface area contributed by atoms with E-state index in [0.717, 1.165) is 30.2 Å². The van der Waals surface area contributed by atoms with Crippen molar-refractivity contribution in [2.75, 3.05) is 13.1 Å². The van der Waals surface area contributed by atoms with Gasteiger partial charge >= 0.3 is 0 Å². The molecule has 1 aromatic heterocycles. The Hall–Kier alpha value is -1.94. The molecule has 1 unspecified atom stereocenters. The lowest BCUT2D eigenvalue weighted by molar-refractivity contribution is 0.0947. The lowest BCUT2D eigenvalue weighted by atomic mass is 9.99. The van der Waals surface area contributed by atoms with E-state index >= 15 is 0 Å². The normalized spacial score (nSPS) is 12.3. The molecule has 3 N–H and O–H groups in total. The number of nitrogens with zero attached hydrogens (tertiary/aromatic N) is 1. The van der Waals surface area contributed by atoms with E-state index in [2.05, 4.69) is 17.2 Å². The molecule has 1 heterocycles. The van der Waals surface area contributed by atoms with E-state index in [1.165, 1.54) is 0 Å². The van der Waals surface area contributed by atoms with E-state index in [4.69, 9.17) is 5.73 Å². The number of para-hydroxylation sites is 1. The molecule has 2 aromatic rings. The van der Waals surface area contributed by atoms with Crippen molar-refractivity contribution < 1.29 is 4.79 Å². The molecule has 2 rings (SSSR count). The Morgan fingerprint density at radius 2 is 2.10 bits per heavy atom. The third-order valence-electron chi connectivity index (χ3n) is 3.72. The van der Waals surface area contributed by atoms with E-state index in [0.29, 0.717) is 24.6 Å². The first-order chi connectivity index (χ1) is 10.3. The van der Waals surface area contributed by atoms with E-state index < -0.39 is 0 Å². The number of amides is 1. The first kappa shape index (κ1) is 15.4. The van der Waals surface area contributed by atoms with Crippen molar-refractivity contribution in [2.24, 2.45) is 11.7 Å². The minimum atomic E-state index is -0.0354. The van der Waals surface area contributed by atoms with Gasteiger partial charge in [-0.1, -0.05) is 31.5 Å². The second-order valence-electron chi connectivity index (χ2n) is 5.32. The predicted octanol–water partition coefficient (Wildman–Crippen LogP) is 2.73. The molecule has 0 saturated heterocycles. The van der Waals surface area contributed by atoms with Crippen molar-refractivity contribution in [3.8, 4) is 0 Å². The Bertz CT molecular complexity index is 586. The molecule has 0 aliphatic heterocycles. The number of hydrogen-bond acceptors (Lipinski definition) is 3. The molecule has 21 heavy (non-hydrogen) atoms. The standard InChI is InChI=1S/C17H23N3O/c1-2-5-13(8-10-18)12-20-17(21)15-9-11-19-16-7-4-3-6-14(15)16/h3-4,6-7,9,11,13H,2,5,8,10,12,18H2,1H3,(H,20,21). The highest BCUT2D eigenvalue weighted by molar-refractivity contribution is 6.05. The zero-order valence-corrected chi connectivity index (χ0v) is 12.5. The molecule has 1 atom stereocenters. The Morgan fingerprint density at radius 1 is 1.29 bits per heavy atom.